The van der Waals surface area contributed by atoms with Crippen LogP contribution in [0, 0.1) is 0 Å². The van der Waals surface area contributed by atoms with Gasteiger partial charge in [0.05, 0.1) is 18.0 Å². The van der Waals surface area contributed by atoms with Gasteiger partial charge in [0, 0.05) is 0 Å². The van der Waals surface area contributed by atoms with E-state index in [4.69, 9.17) is 9.88 Å². The van der Waals surface area contributed by atoms with Crippen molar-refractivity contribution in [3.8, 4) is 0 Å². The van der Waals surface area contributed by atoms with E-state index < -0.39 is 15.3 Å². The lowest BCUT2D eigenvalue weighted by atomic mass is 9.95. The van der Waals surface area contributed by atoms with Crippen molar-refractivity contribution in [3.63, 3.8) is 0 Å². The lowest BCUT2D eigenvalue weighted by molar-refractivity contribution is -0.00651. The van der Waals surface area contributed by atoms with Crippen molar-refractivity contribution in [2.24, 2.45) is 5.14 Å². The van der Waals surface area contributed by atoms with Gasteiger partial charge >= 0.3 is 0 Å². The zero-order valence-electron chi connectivity index (χ0n) is 8.87. The van der Waals surface area contributed by atoms with Crippen molar-refractivity contribution < 1.29 is 13.2 Å². The normalized spacial score (nSPS) is 25.1. The highest BCUT2D eigenvalue weighted by atomic mass is 32.2. The van der Waals surface area contributed by atoms with Gasteiger partial charge in [0.1, 0.15) is 0 Å². The highest BCUT2D eigenvalue weighted by Crippen LogP contribution is 2.28. The van der Waals surface area contributed by atoms with Crippen molar-refractivity contribution in [3.05, 3.63) is 35.9 Å². The molecule has 2 rings (SSSR count). The van der Waals surface area contributed by atoms with Crippen LogP contribution >= 0.6 is 0 Å². The van der Waals surface area contributed by atoms with Gasteiger partial charge in [-0.2, -0.15) is 0 Å². The van der Waals surface area contributed by atoms with Gasteiger partial charge in [-0.25, -0.2) is 13.6 Å². The van der Waals surface area contributed by atoms with E-state index in [1.54, 1.807) is 0 Å². The molecule has 1 aromatic carbocycles. The molecule has 1 fully saturated rings. The van der Waals surface area contributed by atoms with E-state index >= 15 is 0 Å². The van der Waals surface area contributed by atoms with Crippen molar-refractivity contribution in [1.29, 1.82) is 0 Å². The Labute approximate surface area is 95.5 Å². The number of nitrogens with two attached hydrogens (primary N) is 1. The third kappa shape index (κ3) is 2.81. The van der Waals surface area contributed by atoms with Gasteiger partial charge in [-0.15, -0.1) is 0 Å². The molecule has 1 aliphatic carbocycles. The summed E-state index contributed by atoms with van der Waals surface area (Å²) >= 11 is 0. The van der Waals surface area contributed by atoms with Gasteiger partial charge < -0.3 is 4.74 Å². The molecular formula is C11H15NO3S. The first-order valence-corrected chi connectivity index (χ1v) is 6.84. The zero-order valence-corrected chi connectivity index (χ0v) is 9.69. The van der Waals surface area contributed by atoms with Crippen LogP contribution in [0.4, 0.5) is 0 Å². The highest BCUT2D eigenvalue weighted by Gasteiger charge is 2.37. The van der Waals surface area contributed by atoms with Crippen LogP contribution in [-0.2, 0) is 21.4 Å². The zero-order chi connectivity index (χ0) is 11.6. The van der Waals surface area contributed by atoms with Crippen LogP contribution in [0.1, 0.15) is 18.4 Å². The number of rotatable bonds is 4. The van der Waals surface area contributed by atoms with Gasteiger partial charge in [0.25, 0.3) is 0 Å². The Hall–Kier alpha value is -0.910. The fourth-order valence-electron chi connectivity index (χ4n) is 1.71. The van der Waals surface area contributed by atoms with Crippen molar-refractivity contribution >= 4 is 10.0 Å². The summed E-state index contributed by atoms with van der Waals surface area (Å²) in [6.45, 7) is 0.531. The largest absolute Gasteiger partial charge is 0.373 e. The Morgan fingerprint density at radius 1 is 1.25 bits per heavy atom. The van der Waals surface area contributed by atoms with Gasteiger partial charge in [0.2, 0.25) is 10.0 Å². The molecule has 1 saturated carbocycles. The maximum atomic E-state index is 11.0. The van der Waals surface area contributed by atoms with Crippen LogP contribution in [-0.4, -0.2) is 19.8 Å². The summed E-state index contributed by atoms with van der Waals surface area (Å²) in [7, 11) is -3.36. The average molecular weight is 241 g/mol. The number of hydrogen-bond acceptors (Lipinski definition) is 3. The first-order chi connectivity index (χ1) is 7.55. The molecule has 4 nitrogen and oxygen atoms in total. The van der Waals surface area contributed by atoms with Gasteiger partial charge in [0.15, 0.2) is 0 Å². The molecule has 0 bridgehead atoms. The van der Waals surface area contributed by atoms with Crippen molar-refractivity contribution in [2.75, 3.05) is 0 Å². The van der Waals surface area contributed by atoms with E-state index in [2.05, 4.69) is 0 Å². The first-order valence-electron chi connectivity index (χ1n) is 5.23. The van der Waals surface area contributed by atoms with E-state index in [1.165, 1.54) is 0 Å². The second kappa shape index (κ2) is 4.53. The monoisotopic (exact) mass is 241 g/mol. The molecule has 0 atom stereocenters. The molecule has 88 valence electrons. The average Bonchev–Trinajstić information content (AvgIpc) is 2.15. The third-order valence-electron chi connectivity index (χ3n) is 2.84. The van der Waals surface area contributed by atoms with Crippen LogP contribution < -0.4 is 5.14 Å². The Morgan fingerprint density at radius 3 is 2.44 bits per heavy atom. The minimum Gasteiger partial charge on any atom is -0.373 e. The summed E-state index contributed by atoms with van der Waals surface area (Å²) in [5.41, 5.74) is 1.10. The molecule has 16 heavy (non-hydrogen) atoms. The van der Waals surface area contributed by atoms with E-state index in [9.17, 15) is 8.42 Å². The number of ether oxygens (including phenoxy) is 1. The van der Waals surface area contributed by atoms with Crippen LogP contribution in [0.15, 0.2) is 30.3 Å². The Kier molecular flexibility index (Phi) is 3.28. The number of benzene rings is 1. The standard InChI is InChI=1S/C11H15NO3S/c12-16(13,14)11-6-10(7-11)15-8-9-4-2-1-3-5-9/h1-5,10-11H,6-8H2,(H2,12,13,14)/t10-,11-. The summed E-state index contributed by atoms with van der Waals surface area (Å²) in [4.78, 5) is 0. The first kappa shape index (κ1) is 11.6. The van der Waals surface area contributed by atoms with Gasteiger partial charge in [-0.3, -0.25) is 0 Å². The lowest BCUT2D eigenvalue weighted by Gasteiger charge is -2.33. The summed E-state index contributed by atoms with van der Waals surface area (Å²) in [5.74, 6) is 0. The Balaban J connectivity index is 1.75. The molecule has 1 aromatic rings. The topological polar surface area (TPSA) is 69.4 Å². The Bertz CT molecular complexity index is 438. The predicted octanol–water partition coefficient (Wildman–Crippen LogP) is 1.02. The molecular weight excluding hydrogens is 226 g/mol. The van der Waals surface area contributed by atoms with Crippen LogP contribution in [0.5, 0.6) is 0 Å². The smallest absolute Gasteiger partial charge is 0.212 e. The van der Waals surface area contributed by atoms with E-state index in [0.717, 1.165) is 5.56 Å². The van der Waals surface area contributed by atoms with Gasteiger partial charge in [-0.05, 0) is 18.4 Å². The summed E-state index contributed by atoms with van der Waals surface area (Å²) in [5, 5.41) is 4.62. The van der Waals surface area contributed by atoms with Crippen LogP contribution in [0.2, 0.25) is 0 Å². The van der Waals surface area contributed by atoms with Crippen molar-refractivity contribution in [1.82, 2.24) is 0 Å². The minimum absolute atomic E-state index is 0.0310. The fraction of sp³-hybridized carbons (Fsp3) is 0.455. The molecule has 5 heteroatoms. The Morgan fingerprint density at radius 2 is 1.88 bits per heavy atom. The summed E-state index contributed by atoms with van der Waals surface area (Å²) in [6, 6.07) is 9.81. The maximum Gasteiger partial charge on any atom is 0.212 e. The third-order valence-corrected chi connectivity index (χ3v) is 4.16. The van der Waals surface area contributed by atoms with Crippen LogP contribution in [0.3, 0.4) is 0 Å². The maximum absolute atomic E-state index is 11.0. The second-order valence-corrected chi connectivity index (χ2v) is 5.95. The molecule has 0 radical (unpaired) electrons. The minimum atomic E-state index is -3.36. The molecule has 0 aromatic heterocycles. The van der Waals surface area contributed by atoms with E-state index in [-0.39, 0.29) is 6.10 Å². The summed E-state index contributed by atoms with van der Waals surface area (Å²) in [6.07, 6.45) is 1.07. The molecule has 1 aliphatic rings. The lowest BCUT2D eigenvalue weighted by Crippen LogP contribution is -2.44. The van der Waals surface area contributed by atoms with E-state index in [0.29, 0.717) is 19.4 Å². The molecule has 0 saturated heterocycles. The molecule has 0 aliphatic heterocycles. The van der Waals surface area contributed by atoms with Gasteiger partial charge in [-0.1, -0.05) is 30.3 Å². The second-order valence-electron chi connectivity index (χ2n) is 4.10. The van der Waals surface area contributed by atoms with Crippen LogP contribution in [0.25, 0.3) is 0 Å². The predicted molar refractivity (Wildman–Crippen MR) is 61.1 cm³/mol. The summed E-state index contributed by atoms with van der Waals surface area (Å²) < 4.78 is 27.5. The molecule has 0 spiro atoms. The quantitative estimate of drug-likeness (QED) is 0.855. The molecule has 0 heterocycles. The number of sulfonamides is 1. The van der Waals surface area contributed by atoms with Crippen molar-refractivity contribution in [2.45, 2.75) is 30.8 Å². The molecule has 2 N–H and O–H groups in total. The fourth-order valence-corrected chi connectivity index (χ4v) is 2.68. The number of hydrogen-bond donors (Lipinski definition) is 1. The SMILES string of the molecule is NS(=O)(=O)[C@H]1C[C@H](OCc2ccccc2)C1. The van der Waals surface area contributed by atoms with E-state index in [1.807, 2.05) is 30.3 Å². The highest BCUT2D eigenvalue weighted by molar-refractivity contribution is 7.89. The number of primary sulfonamides is 1. The molecule has 0 amide bonds. The molecule has 0 unspecified atom stereocenters.